The quantitative estimate of drug-likeness (QED) is 0.564. The fourth-order valence-electron chi connectivity index (χ4n) is 3.38. The summed E-state index contributed by atoms with van der Waals surface area (Å²) in [5.41, 5.74) is 0.887. The van der Waals surface area contributed by atoms with Gasteiger partial charge in [0.1, 0.15) is 22.5 Å². The summed E-state index contributed by atoms with van der Waals surface area (Å²) in [6, 6.07) is 9.40. The summed E-state index contributed by atoms with van der Waals surface area (Å²) < 4.78 is 39.9. The minimum absolute atomic E-state index is 0.00193. The van der Waals surface area contributed by atoms with E-state index in [-0.39, 0.29) is 17.3 Å². The number of halogens is 3. The van der Waals surface area contributed by atoms with Gasteiger partial charge in [-0.05, 0) is 36.4 Å². The summed E-state index contributed by atoms with van der Waals surface area (Å²) in [6.07, 6.45) is 3.15. The van der Waals surface area contributed by atoms with Gasteiger partial charge in [0.05, 0.1) is 11.4 Å². The summed E-state index contributed by atoms with van der Waals surface area (Å²) >= 11 is 1.20. The van der Waals surface area contributed by atoms with Crippen LogP contribution in [-0.4, -0.2) is 47.8 Å². The van der Waals surface area contributed by atoms with Crippen LogP contribution in [0.15, 0.2) is 59.9 Å². The van der Waals surface area contributed by atoms with E-state index in [0.29, 0.717) is 23.9 Å². The molecule has 0 unspecified atom stereocenters. The molecule has 4 rings (SSSR count). The van der Waals surface area contributed by atoms with Crippen LogP contribution in [0.2, 0.25) is 0 Å². The Bertz CT molecular complexity index is 1090. The Balaban J connectivity index is 1.36. The molecule has 1 aliphatic heterocycles. The number of piperazine rings is 1. The van der Waals surface area contributed by atoms with Crippen LogP contribution in [-0.2, 0) is 4.79 Å². The van der Waals surface area contributed by atoms with Gasteiger partial charge in [-0.2, -0.15) is 0 Å². The van der Waals surface area contributed by atoms with E-state index >= 15 is 0 Å². The molecule has 1 N–H and O–H groups in total. The van der Waals surface area contributed by atoms with Crippen molar-refractivity contribution in [1.29, 1.82) is 0 Å². The first-order chi connectivity index (χ1) is 15.5. The van der Waals surface area contributed by atoms with Gasteiger partial charge < -0.3 is 15.1 Å². The van der Waals surface area contributed by atoms with E-state index in [1.165, 1.54) is 30.0 Å². The Morgan fingerprint density at radius 3 is 2.28 bits per heavy atom. The molecule has 1 fully saturated rings. The molecule has 0 bridgehead atoms. The molecule has 0 aliphatic carbocycles. The molecule has 1 amide bonds. The van der Waals surface area contributed by atoms with Gasteiger partial charge in [0, 0.05) is 50.3 Å². The van der Waals surface area contributed by atoms with Crippen molar-refractivity contribution in [2.24, 2.45) is 0 Å². The van der Waals surface area contributed by atoms with Gasteiger partial charge >= 0.3 is 0 Å². The third-order valence-corrected chi connectivity index (χ3v) is 5.93. The molecule has 1 aromatic heterocycles. The van der Waals surface area contributed by atoms with E-state index in [2.05, 4.69) is 25.1 Å². The molecule has 3 aromatic rings. The second kappa shape index (κ2) is 9.90. The molecule has 2 aromatic carbocycles. The SMILES string of the molecule is O=C(CSc1nccnc1N1CCN(c2ccc(F)cc2)CC1)Nc1ccc(F)cc1F. The van der Waals surface area contributed by atoms with Crippen molar-refractivity contribution < 1.29 is 18.0 Å². The molecule has 0 saturated carbocycles. The highest BCUT2D eigenvalue weighted by molar-refractivity contribution is 8.00. The van der Waals surface area contributed by atoms with Gasteiger partial charge in [-0.15, -0.1) is 0 Å². The lowest BCUT2D eigenvalue weighted by atomic mass is 10.2. The number of anilines is 3. The predicted octanol–water partition coefficient (Wildman–Crippen LogP) is 3.95. The standard InChI is InChI=1S/C22H20F3N5OS/c23-15-1-4-17(5-2-15)29-9-11-30(12-10-29)21-22(27-8-7-26-21)32-14-20(31)28-19-6-3-16(24)13-18(19)25/h1-8,13H,9-12,14H2,(H,28,31). The first kappa shape index (κ1) is 21.9. The number of nitrogens with one attached hydrogen (secondary N) is 1. The highest BCUT2D eigenvalue weighted by Crippen LogP contribution is 2.28. The first-order valence-corrected chi connectivity index (χ1v) is 10.9. The van der Waals surface area contributed by atoms with Crippen molar-refractivity contribution in [2.45, 2.75) is 5.03 Å². The van der Waals surface area contributed by atoms with Crippen LogP contribution in [0.4, 0.5) is 30.4 Å². The zero-order valence-corrected chi connectivity index (χ0v) is 17.8. The van der Waals surface area contributed by atoms with Gasteiger partial charge in [0.2, 0.25) is 5.91 Å². The van der Waals surface area contributed by atoms with Crippen LogP contribution < -0.4 is 15.1 Å². The Labute approximate surface area is 187 Å². The lowest BCUT2D eigenvalue weighted by molar-refractivity contribution is -0.113. The third kappa shape index (κ3) is 5.31. The van der Waals surface area contributed by atoms with Crippen molar-refractivity contribution in [1.82, 2.24) is 9.97 Å². The Kier molecular flexibility index (Phi) is 6.79. The summed E-state index contributed by atoms with van der Waals surface area (Å²) in [5, 5.41) is 3.03. The second-order valence-electron chi connectivity index (χ2n) is 7.10. The normalized spacial score (nSPS) is 13.8. The van der Waals surface area contributed by atoms with E-state index in [4.69, 9.17) is 0 Å². The molecular weight excluding hydrogens is 439 g/mol. The fraction of sp³-hybridized carbons (Fsp3) is 0.227. The van der Waals surface area contributed by atoms with E-state index in [1.807, 2.05) is 0 Å². The van der Waals surface area contributed by atoms with Crippen molar-refractivity contribution in [3.63, 3.8) is 0 Å². The van der Waals surface area contributed by atoms with Gasteiger partial charge in [-0.25, -0.2) is 23.1 Å². The number of hydrogen-bond donors (Lipinski definition) is 1. The second-order valence-corrected chi connectivity index (χ2v) is 8.06. The molecule has 1 aliphatic rings. The smallest absolute Gasteiger partial charge is 0.234 e. The molecule has 166 valence electrons. The number of hydrogen-bond acceptors (Lipinski definition) is 6. The highest BCUT2D eigenvalue weighted by Gasteiger charge is 2.22. The molecule has 2 heterocycles. The van der Waals surface area contributed by atoms with Gasteiger partial charge in [-0.1, -0.05) is 11.8 Å². The summed E-state index contributed by atoms with van der Waals surface area (Å²) in [7, 11) is 0. The number of amides is 1. The summed E-state index contributed by atoms with van der Waals surface area (Å²) in [4.78, 5) is 25.3. The van der Waals surface area contributed by atoms with E-state index in [1.54, 1.807) is 24.5 Å². The molecule has 0 spiro atoms. The molecular formula is C22H20F3N5OS. The van der Waals surface area contributed by atoms with E-state index < -0.39 is 17.5 Å². The van der Waals surface area contributed by atoms with Crippen LogP contribution in [0.3, 0.4) is 0 Å². The zero-order chi connectivity index (χ0) is 22.5. The number of carbonyl (C=O) groups is 1. The van der Waals surface area contributed by atoms with Gasteiger partial charge in [-0.3, -0.25) is 4.79 Å². The molecule has 0 atom stereocenters. The number of thioether (sulfide) groups is 1. The van der Waals surface area contributed by atoms with Gasteiger partial charge in [0.15, 0.2) is 5.82 Å². The van der Waals surface area contributed by atoms with Crippen LogP contribution >= 0.6 is 11.8 Å². The lowest BCUT2D eigenvalue weighted by Gasteiger charge is -2.37. The minimum Gasteiger partial charge on any atom is -0.368 e. The minimum atomic E-state index is -0.831. The molecule has 32 heavy (non-hydrogen) atoms. The average molecular weight is 459 g/mol. The van der Waals surface area contributed by atoms with Crippen molar-refractivity contribution in [3.05, 3.63) is 72.3 Å². The Hall–Kier alpha value is -3.27. The Morgan fingerprint density at radius 2 is 1.56 bits per heavy atom. The van der Waals surface area contributed by atoms with Crippen LogP contribution in [0.1, 0.15) is 0 Å². The van der Waals surface area contributed by atoms with Crippen molar-refractivity contribution in [2.75, 3.05) is 47.0 Å². The van der Waals surface area contributed by atoms with Crippen LogP contribution in [0, 0.1) is 17.5 Å². The maximum Gasteiger partial charge on any atom is 0.234 e. The van der Waals surface area contributed by atoms with E-state index in [0.717, 1.165) is 30.9 Å². The largest absolute Gasteiger partial charge is 0.368 e. The number of aromatic nitrogens is 2. The Morgan fingerprint density at radius 1 is 0.906 bits per heavy atom. The van der Waals surface area contributed by atoms with Crippen molar-refractivity contribution >= 4 is 34.9 Å². The van der Waals surface area contributed by atoms with Crippen LogP contribution in [0.5, 0.6) is 0 Å². The number of nitrogens with zero attached hydrogens (tertiary/aromatic N) is 4. The molecule has 10 heteroatoms. The maximum atomic E-state index is 13.7. The van der Waals surface area contributed by atoms with Crippen molar-refractivity contribution in [3.8, 4) is 0 Å². The predicted molar refractivity (Wildman–Crippen MR) is 119 cm³/mol. The monoisotopic (exact) mass is 459 g/mol. The third-order valence-electron chi connectivity index (χ3n) is 4.96. The number of carbonyl (C=O) groups excluding carboxylic acids is 1. The molecule has 1 saturated heterocycles. The number of benzene rings is 2. The summed E-state index contributed by atoms with van der Waals surface area (Å²) in [6.45, 7) is 2.85. The fourth-order valence-corrected chi connectivity index (χ4v) is 4.16. The van der Waals surface area contributed by atoms with E-state index in [9.17, 15) is 18.0 Å². The topological polar surface area (TPSA) is 61.4 Å². The number of rotatable bonds is 6. The zero-order valence-electron chi connectivity index (χ0n) is 17.0. The van der Waals surface area contributed by atoms with Crippen LogP contribution in [0.25, 0.3) is 0 Å². The lowest BCUT2D eigenvalue weighted by Crippen LogP contribution is -2.47. The molecule has 0 radical (unpaired) electrons. The maximum absolute atomic E-state index is 13.7. The molecule has 6 nitrogen and oxygen atoms in total. The highest BCUT2D eigenvalue weighted by atomic mass is 32.2. The first-order valence-electron chi connectivity index (χ1n) is 9.94. The average Bonchev–Trinajstić information content (AvgIpc) is 2.80. The summed E-state index contributed by atoms with van der Waals surface area (Å²) in [5.74, 6) is -1.56. The van der Waals surface area contributed by atoms with Gasteiger partial charge in [0.25, 0.3) is 0 Å².